The van der Waals surface area contributed by atoms with Crippen LogP contribution in [0.2, 0.25) is 0 Å². The molecular formula is C20H25N5O2. The molecule has 7 nitrogen and oxygen atoms in total. The Morgan fingerprint density at radius 1 is 1.22 bits per heavy atom. The predicted molar refractivity (Wildman–Crippen MR) is 103 cm³/mol. The summed E-state index contributed by atoms with van der Waals surface area (Å²) in [5.74, 6) is -0.0722. The van der Waals surface area contributed by atoms with Crippen molar-refractivity contribution in [2.45, 2.75) is 26.3 Å². The molecule has 0 saturated heterocycles. The second-order valence-corrected chi connectivity index (χ2v) is 6.53. The van der Waals surface area contributed by atoms with Gasteiger partial charge in [0.25, 0.3) is 0 Å². The first-order valence-corrected chi connectivity index (χ1v) is 8.88. The van der Waals surface area contributed by atoms with E-state index in [2.05, 4.69) is 15.5 Å². The number of carbonyl (C=O) groups is 1. The monoisotopic (exact) mass is 367 g/mol. The Kier molecular flexibility index (Phi) is 5.71. The van der Waals surface area contributed by atoms with Gasteiger partial charge < -0.3 is 10.1 Å². The molecule has 27 heavy (non-hydrogen) atoms. The third-order valence-corrected chi connectivity index (χ3v) is 4.66. The highest BCUT2D eigenvalue weighted by Crippen LogP contribution is 2.19. The number of benzene rings is 1. The molecule has 2 heterocycles. The van der Waals surface area contributed by atoms with E-state index in [4.69, 9.17) is 4.74 Å². The van der Waals surface area contributed by atoms with Crippen molar-refractivity contribution in [3.63, 3.8) is 0 Å². The Hall–Kier alpha value is -2.93. The molecule has 1 N–H and O–H groups in total. The minimum absolute atomic E-state index is 0.0722. The van der Waals surface area contributed by atoms with Gasteiger partial charge in [-0.2, -0.15) is 10.2 Å². The highest BCUT2D eigenvalue weighted by atomic mass is 16.5. The number of para-hydroxylation sites is 1. The Morgan fingerprint density at radius 3 is 2.59 bits per heavy atom. The molecule has 1 aromatic carbocycles. The fourth-order valence-corrected chi connectivity index (χ4v) is 3.25. The van der Waals surface area contributed by atoms with Gasteiger partial charge in [-0.1, -0.05) is 18.2 Å². The molecular weight excluding hydrogens is 342 g/mol. The molecule has 0 spiro atoms. The molecule has 1 atom stereocenters. The SMILES string of the molecule is COC[C@@H](NC(=O)Cc1c(C)nn(-c2ccccc2)c1C)c1ccnn1C. The number of rotatable bonds is 7. The summed E-state index contributed by atoms with van der Waals surface area (Å²) in [6, 6.07) is 11.6. The van der Waals surface area contributed by atoms with E-state index in [0.29, 0.717) is 6.61 Å². The molecule has 0 radical (unpaired) electrons. The number of amides is 1. The third kappa shape index (κ3) is 4.09. The van der Waals surface area contributed by atoms with Crippen LogP contribution in [0.15, 0.2) is 42.6 Å². The lowest BCUT2D eigenvalue weighted by molar-refractivity contribution is -0.121. The number of aromatic nitrogens is 4. The molecule has 0 fully saturated rings. The molecule has 0 unspecified atom stereocenters. The molecule has 0 aliphatic heterocycles. The van der Waals surface area contributed by atoms with E-state index in [0.717, 1.165) is 28.3 Å². The summed E-state index contributed by atoms with van der Waals surface area (Å²) in [4.78, 5) is 12.7. The lowest BCUT2D eigenvalue weighted by Gasteiger charge is -2.18. The van der Waals surface area contributed by atoms with Crippen molar-refractivity contribution >= 4 is 5.91 Å². The van der Waals surface area contributed by atoms with E-state index in [1.165, 1.54) is 0 Å². The minimum atomic E-state index is -0.250. The van der Waals surface area contributed by atoms with Crippen LogP contribution in [0.4, 0.5) is 0 Å². The maximum atomic E-state index is 12.7. The molecule has 0 bridgehead atoms. The van der Waals surface area contributed by atoms with Crippen molar-refractivity contribution in [1.29, 1.82) is 0 Å². The van der Waals surface area contributed by atoms with Crippen LogP contribution in [0, 0.1) is 13.8 Å². The van der Waals surface area contributed by atoms with E-state index < -0.39 is 0 Å². The molecule has 0 saturated carbocycles. The van der Waals surface area contributed by atoms with Crippen molar-refractivity contribution in [1.82, 2.24) is 24.9 Å². The fraction of sp³-hybridized carbons (Fsp3) is 0.350. The van der Waals surface area contributed by atoms with Gasteiger partial charge in [0.15, 0.2) is 0 Å². The van der Waals surface area contributed by atoms with Gasteiger partial charge in [0.05, 0.1) is 36.1 Å². The van der Waals surface area contributed by atoms with Gasteiger partial charge in [0, 0.05) is 31.6 Å². The number of aryl methyl sites for hydroxylation is 2. The summed E-state index contributed by atoms with van der Waals surface area (Å²) in [5.41, 5.74) is 4.65. The number of hydrogen-bond acceptors (Lipinski definition) is 4. The lowest BCUT2D eigenvalue weighted by Crippen LogP contribution is -2.33. The topological polar surface area (TPSA) is 74.0 Å². The second-order valence-electron chi connectivity index (χ2n) is 6.53. The van der Waals surface area contributed by atoms with Crippen LogP contribution in [-0.4, -0.2) is 39.2 Å². The summed E-state index contributed by atoms with van der Waals surface area (Å²) < 4.78 is 8.90. The Labute approximate surface area is 159 Å². The molecule has 3 rings (SSSR count). The second kappa shape index (κ2) is 8.18. The maximum absolute atomic E-state index is 12.7. The summed E-state index contributed by atoms with van der Waals surface area (Å²) in [5, 5.41) is 11.8. The third-order valence-electron chi connectivity index (χ3n) is 4.66. The smallest absolute Gasteiger partial charge is 0.225 e. The first-order valence-electron chi connectivity index (χ1n) is 8.88. The number of carbonyl (C=O) groups excluding carboxylic acids is 1. The molecule has 1 amide bonds. The average Bonchev–Trinajstić information content (AvgIpc) is 3.20. The van der Waals surface area contributed by atoms with Gasteiger partial charge in [0.1, 0.15) is 0 Å². The Balaban J connectivity index is 1.78. The largest absolute Gasteiger partial charge is 0.382 e. The molecule has 0 aliphatic carbocycles. The fourth-order valence-electron chi connectivity index (χ4n) is 3.25. The van der Waals surface area contributed by atoms with E-state index >= 15 is 0 Å². The van der Waals surface area contributed by atoms with Crippen molar-refractivity contribution < 1.29 is 9.53 Å². The Bertz CT molecular complexity index is 914. The van der Waals surface area contributed by atoms with Crippen molar-refractivity contribution in [3.8, 4) is 5.69 Å². The van der Waals surface area contributed by atoms with Crippen LogP contribution in [-0.2, 0) is 23.0 Å². The molecule has 142 valence electrons. The molecule has 2 aromatic heterocycles. The summed E-state index contributed by atoms with van der Waals surface area (Å²) >= 11 is 0. The van der Waals surface area contributed by atoms with Gasteiger partial charge in [-0.3, -0.25) is 9.48 Å². The number of nitrogens with zero attached hydrogens (tertiary/aromatic N) is 4. The van der Waals surface area contributed by atoms with Crippen LogP contribution in [0.25, 0.3) is 5.69 Å². The zero-order valence-electron chi connectivity index (χ0n) is 16.1. The van der Waals surface area contributed by atoms with Gasteiger partial charge in [-0.05, 0) is 32.0 Å². The van der Waals surface area contributed by atoms with Gasteiger partial charge in [-0.15, -0.1) is 0 Å². The van der Waals surface area contributed by atoms with E-state index in [1.54, 1.807) is 18.0 Å². The van der Waals surface area contributed by atoms with Crippen molar-refractivity contribution in [2.24, 2.45) is 7.05 Å². The predicted octanol–water partition coefficient (Wildman–Crippen LogP) is 2.27. The van der Waals surface area contributed by atoms with Crippen molar-refractivity contribution in [2.75, 3.05) is 13.7 Å². The highest BCUT2D eigenvalue weighted by Gasteiger charge is 2.20. The number of ether oxygens (including phenoxy) is 1. The van der Waals surface area contributed by atoms with Crippen LogP contribution in [0.3, 0.4) is 0 Å². The molecule has 3 aromatic rings. The van der Waals surface area contributed by atoms with E-state index in [1.807, 2.05) is 62.0 Å². The molecule has 7 heteroatoms. The van der Waals surface area contributed by atoms with Gasteiger partial charge in [-0.25, -0.2) is 4.68 Å². The minimum Gasteiger partial charge on any atom is -0.382 e. The van der Waals surface area contributed by atoms with Gasteiger partial charge >= 0.3 is 0 Å². The summed E-state index contributed by atoms with van der Waals surface area (Å²) in [7, 11) is 3.47. The van der Waals surface area contributed by atoms with E-state index in [9.17, 15) is 4.79 Å². The van der Waals surface area contributed by atoms with Crippen LogP contribution >= 0.6 is 0 Å². The number of methoxy groups -OCH3 is 1. The van der Waals surface area contributed by atoms with Crippen LogP contribution in [0.5, 0.6) is 0 Å². The maximum Gasteiger partial charge on any atom is 0.225 e. The zero-order chi connectivity index (χ0) is 19.4. The standard InChI is InChI=1S/C20H25N5O2/c1-14-17(15(2)25(23-14)16-8-6-5-7-9-16)12-20(26)22-18(13-27-4)19-10-11-21-24(19)3/h5-11,18H,12-13H2,1-4H3,(H,22,26)/t18-/m1/s1. The Morgan fingerprint density at radius 2 is 1.96 bits per heavy atom. The van der Waals surface area contributed by atoms with Crippen molar-refractivity contribution in [3.05, 3.63) is 65.2 Å². The quantitative estimate of drug-likeness (QED) is 0.695. The number of hydrogen-bond donors (Lipinski definition) is 1. The van der Waals surface area contributed by atoms with Crippen LogP contribution < -0.4 is 5.32 Å². The first kappa shape index (κ1) is 18.8. The highest BCUT2D eigenvalue weighted by molar-refractivity contribution is 5.79. The first-order chi connectivity index (χ1) is 13.0. The summed E-state index contributed by atoms with van der Waals surface area (Å²) in [6.45, 7) is 4.30. The van der Waals surface area contributed by atoms with E-state index in [-0.39, 0.29) is 18.4 Å². The molecule has 0 aliphatic rings. The zero-order valence-corrected chi connectivity index (χ0v) is 16.1. The van der Waals surface area contributed by atoms with Gasteiger partial charge in [0.2, 0.25) is 5.91 Å². The lowest BCUT2D eigenvalue weighted by atomic mass is 10.1. The normalized spacial score (nSPS) is 12.1. The number of nitrogens with one attached hydrogen (secondary N) is 1. The average molecular weight is 367 g/mol. The van der Waals surface area contributed by atoms with Crippen LogP contribution in [0.1, 0.15) is 28.7 Å². The summed E-state index contributed by atoms with van der Waals surface area (Å²) in [6.07, 6.45) is 1.98.